The molecule has 0 spiro atoms. The second kappa shape index (κ2) is 10.2. The number of hydrogen-bond acceptors (Lipinski definition) is 6. The molecule has 0 aliphatic heterocycles. The number of hydrogen-bond donors (Lipinski definition) is 1. The number of nitrogens with zero attached hydrogens (tertiary/aromatic N) is 4. The first-order valence-corrected chi connectivity index (χ1v) is 11.2. The van der Waals surface area contributed by atoms with Gasteiger partial charge in [0.2, 0.25) is 0 Å². The highest BCUT2D eigenvalue weighted by molar-refractivity contribution is 6.12. The topological polar surface area (TPSA) is 108 Å². The molecule has 1 amide bonds. The smallest absolute Gasteiger partial charge is 0.343 e. The Kier molecular flexibility index (Phi) is 6.86. The molecular weight excluding hydrogens is 446 g/mol. The minimum atomic E-state index is -0.676. The maximum absolute atomic E-state index is 13.7. The fourth-order valence-corrected chi connectivity index (χ4v) is 3.79. The van der Waals surface area contributed by atoms with Crippen LogP contribution >= 0.6 is 0 Å². The van der Waals surface area contributed by atoms with Crippen LogP contribution in [0.2, 0.25) is 0 Å². The van der Waals surface area contributed by atoms with Crippen LogP contribution in [0.5, 0.6) is 0 Å². The molecule has 9 heteroatoms. The van der Waals surface area contributed by atoms with Gasteiger partial charge in [-0.15, -0.1) is 0 Å². The van der Waals surface area contributed by atoms with E-state index in [4.69, 9.17) is 4.74 Å². The fourth-order valence-electron chi connectivity index (χ4n) is 3.79. The zero-order chi connectivity index (χ0) is 24.9. The van der Waals surface area contributed by atoms with Gasteiger partial charge in [0, 0.05) is 24.7 Å². The molecule has 0 atom stereocenters. The summed E-state index contributed by atoms with van der Waals surface area (Å²) in [6.07, 6.45) is 1.32. The van der Waals surface area contributed by atoms with Gasteiger partial charge in [-0.2, -0.15) is 10.2 Å². The van der Waals surface area contributed by atoms with Gasteiger partial charge in [0.15, 0.2) is 0 Å². The molecule has 35 heavy (non-hydrogen) atoms. The highest BCUT2D eigenvalue weighted by Gasteiger charge is 2.27. The molecule has 0 radical (unpaired) electrons. The standard InChI is InChI=1S/C26H25N5O4/c1-4-31-25(33)21(24(32)28-23-19(16-27-30(23)3)26(34)35-5-2)20(17-12-8-6-9-13-17)22(29-31)18-14-10-7-11-15-18/h6-16H,4-5H2,1-3H3,(H,28,32). The van der Waals surface area contributed by atoms with Gasteiger partial charge in [0.05, 0.1) is 18.5 Å². The van der Waals surface area contributed by atoms with Gasteiger partial charge in [-0.1, -0.05) is 60.7 Å². The van der Waals surface area contributed by atoms with Crippen LogP contribution in [0.4, 0.5) is 5.82 Å². The summed E-state index contributed by atoms with van der Waals surface area (Å²) < 4.78 is 7.69. The Labute approximate surface area is 202 Å². The third-order valence-corrected chi connectivity index (χ3v) is 5.46. The summed E-state index contributed by atoms with van der Waals surface area (Å²) in [7, 11) is 1.59. The number of carbonyl (C=O) groups excluding carboxylic acids is 2. The molecule has 178 valence electrons. The molecule has 0 fully saturated rings. The predicted octanol–water partition coefficient (Wildman–Crippen LogP) is 3.76. The molecule has 0 bridgehead atoms. The Bertz CT molecular complexity index is 1430. The quantitative estimate of drug-likeness (QED) is 0.411. The highest BCUT2D eigenvalue weighted by Crippen LogP contribution is 2.32. The van der Waals surface area contributed by atoms with Crippen LogP contribution in [0.15, 0.2) is 71.7 Å². The first-order chi connectivity index (χ1) is 17.0. The van der Waals surface area contributed by atoms with Crippen LogP contribution in [0.3, 0.4) is 0 Å². The first kappa shape index (κ1) is 23.6. The Hall–Kier alpha value is -4.53. The Balaban J connectivity index is 1.94. The van der Waals surface area contributed by atoms with E-state index < -0.39 is 17.4 Å². The lowest BCUT2D eigenvalue weighted by molar-refractivity contribution is 0.0527. The fraction of sp³-hybridized carbons (Fsp3) is 0.192. The zero-order valence-electron chi connectivity index (χ0n) is 19.7. The van der Waals surface area contributed by atoms with Crippen molar-refractivity contribution in [2.24, 2.45) is 7.05 Å². The van der Waals surface area contributed by atoms with E-state index in [2.05, 4.69) is 15.5 Å². The van der Waals surface area contributed by atoms with Crippen LogP contribution in [-0.2, 0) is 18.3 Å². The number of nitrogens with one attached hydrogen (secondary N) is 1. The second-order valence-electron chi connectivity index (χ2n) is 7.66. The second-order valence-corrected chi connectivity index (χ2v) is 7.66. The molecule has 4 aromatic rings. The Morgan fingerprint density at radius 3 is 2.20 bits per heavy atom. The SMILES string of the molecule is CCOC(=O)c1cnn(C)c1NC(=O)c1c(-c2ccccc2)c(-c2ccccc2)nn(CC)c1=O. The van der Waals surface area contributed by atoms with Crippen molar-refractivity contribution in [1.29, 1.82) is 0 Å². The summed E-state index contributed by atoms with van der Waals surface area (Å²) in [5.74, 6) is -1.16. The van der Waals surface area contributed by atoms with Gasteiger partial charge < -0.3 is 10.1 Å². The van der Waals surface area contributed by atoms with Crippen LogP contribution in [0, 0.1) is 0 Å². The number of benzene rings is 2. The lowest BCUT2D eigenvalue weighted by Gasteiger charge is -2.17. The molecule has 4 rings (SSSR count). The number of rotatable bonds is 7. The van der Waals surface area contributed by atoms with Crippen molar-refractivity contribution in [3.63, 3.8) is 0 Å². The van der Waals surface area contributed by atoms with E-state index >= 15 is 0 Å². The Morgan fingerprint density at radius 2 is 1.60 bits per heavy atom. The summed E-state index contributed by atoms with van der Waals surface area (Å²) in [6.45, 7) is 3.92. The van der Waals surface area contributed by atoms with Crippen LogP contribution < -0.4 is 10.9 Å². The molecule has 2 aromatic carbocycles. The minimum Gasteiger partial charge on any atom is -0.462 e. The van der Waals surface area contributed by atoms with Crippen molar-refractivity contribution in [3.05, 3.63) is 88.3 Å². The third-order valence-electron chi connectivity index (χ3n) is 5.46. The largest absolute Gasteiger partial charge is 0.462 e. The van der Waals surface area contributed by atoms with Crippen LogP contribution in [-0.4, -0.2) is 38.0 Å². The maximum Gasteiger partial charge on any atom is 0.343 e. The molecule has 2 aromatic heterocycles. The average Bonchev–Trinajstić information content (AvgIpc) is 3.24. The molecule has 9 nitrogen and oxygen atoms in total. The summed E-state index contributed by atoms with van der Waals surface area (Å²) in [5, 5.41) is 11.4. The molecule has 1 N–H and O–H groups in total. The molecule has 0 aliphatic carbocycles. The third kappa shape index (κ3) is 4.61. The van der Waals surface area contributed by atoms with E-state index in [0.717, 1.165) is 5.56 Å². The molecule has 0 saturated heterocycles. The van der Waals surface area contributed by atoms with E-state index in [1.807, 2.05) is 60.7 Å². The van der Waals surface area contributed by atoms with E-state index in [9.17, 15) is 14.4 Å². The predicted molar refractivity (Wildman–Crippen MR) is 132 cm³/mol. The van der Waals surface area contributed by atoms with Gasteiger partial charge in [-0.3, -0.25) is 14.3 Å². The number of carbonyl (C=O) groups is 2. The van der Waals surface area contributed by atoms with Crippen molar-refractivity contribution in [3.8, 4) is 22.4 Å². The maximum atomic E-state index is 13.7. The van der Waals surface area contributed by atoms with Crippen LogP contribution in [0.25, 0.3) is 22.4 Å². The van der Waals surface area contributed by atoms with E-state index in [-0.39, 0.29) is 30.1 Å². The van der Waals surface area contributed by atoms with E-state index in [0.29, 0.717) is 16.8 Å². The summed E-state index contributed by atoms with van der Waals surface area (Å²) >= 11 is 0. The molecule has 0 saturated carbocycles. The van der Waals surface area contributed by atoms with Gasteiger partial charge >= 0.3 is 5.97 Å². The number of esters is 1. The number of amides is 1. The van der Waals surface area contributed by atoms with Gasteiger partial charge in [-0.05, 0) is 19.4 Å². The van der Waals surface area contributed by atoms with Gasteiger partial charge in [-0.25, -0.2) is 9.48 Å². The van der Waals surface area contributed by atoms with Crippen molar-refractivity contribution < 1.29 is 14.3 Å². The summed E-state index contributed by atoms with van der Waals surface area (Å²) in [6, 6.07) is 18.5. The van der Waals surface area contributed by atoms with Crippen molar-refractivity contribution in [2.45, 2.75) is 20.4 Å². The first-order valence-electron chi connectivity index (χ1n) is 11.2. The van der Waals surface area contributed by atoms with E-state index in [1.54, 1.807) is 20.9 Å². The lowest BCUT2D eigenvalue weighted by atomic mass is 9.95. The summed E-state index contributed by atoms with van der Waals surface area (Å²) in [4.78, 5) is 39.6. The minimum absolute atomic E-state index is 0.0806. The summed E-state index contributed by atoms with van der Waals surface area (Å²) in [5.41, 5.74) is 1.81. The van der Waals surface area contributed by atoms with Crippen molar-refractivity contribution in [2.75, 3.05) is 11.9 Å². The molecule has 0 unspecified atom stereocenters. The number of ether oxygens (including phenoxy) is 1. The number of anilines is 1. The van der Waals surface area contributed by atoms with Gasteiger partial charge in [0.25, 0.3) is 11.5 Å². The highest BCUT2D eigenvalue weighted by atomic mass is 16.5. The molecule has 2 heterocycles. The van der Waals surface area contributed by atoms with Crippen molar-refractivity contribution in [1.82, 2.24) is 19.6 Å². The average molecular weight is 472 g/mol. The number of aryl methyl sites for hydroxylation is 2. The molecular formula is C26H25N5O4. The molecule has 0 aliphatic rings. The zero-order valence-corrected chi connectivity index (χ0v) is 19.7. The Morgan fingerprint density at radius 1 is 0.971 bits per heavy atom. The normalized spacial score (nSPS) is 10.7. The van der Waals surface area contributed by atoms with Gasteiger partial charge in [0.1, 0.15) is 16.9 Å². The van der Waals surface area contributed by atoms with E-state index in [1.165, 1.54) is 15.6 Å². The lowest BCUT2D eigenvalue weighted by Crippen LogP contribution is -2.33. The van der Waals surface area contributed by atoms with Crippen molar-refractivity contribution >= 4 is 17.7 Å². The number of aromatic nitrogens is 4. The monoisotopic (exact) mass is 471 g/mol. The van der Waals surface area contributed by atoms with Crippen LogP contribution in [0.1, 0.15) is 34.6 Å².